The SMILES string of the molecule is CC(C)c1cccc(C(C)C)c1NC(=O)CN1C(=O)C(C)(C)Oc2ccc(C(=O)O)cc21. The summed E-state index contributed by atoms with van der Waals surface area (Å²) in [6.07, 6.45) is 0. The minimum absolute atomic E-state index is 0.0116. The van der Waals surface area contributed by atoms with Crippen molar-refractivity contribution in [2.75, 3.05) is 16.8 Å². The number of carboxylic acids is 1. The predicted octanol–water partition coefficient (Wildman–Crippen LogP) is 4.77. The Morgan fingerprint density at radius 2 is 1.66 bits per heavy atom. The van der Waals surface area contributed by atoms with E-state index in [0.29, 0.717) is 5.75 Å². The summed E-state index contributed by atoms with van der Waals surface area (Å²) < 4.78 is 5.78. The highest BCUT2D eigenvalue weighted by Gasteiger charge is 2.42. The lowest BCUT2D eigenvalue weighted by molar-refractivity contribution is -0.133. The molecule has 0 saturated heterocycles. The van der Waals surface area contributed by atoms with Gasteiger partial charge in [0.2, 0.25) is 5.91 Å². The van der Waals surface area contributed by atoms with Crippen molar-refractivity contribution in [2.24, 2.45) is 0 Å². The average molecular weight is 439 g/mol. The Balaban J connectivity index is 1.97. The lowest BCUT2D eigenvalue weighted by Crippen LogP contribution is -2.54. The first-order valence-electron chi connectivity index (χ1n) is 10.7. The number of rotatable bonds is 6. The van der Waals surface area contributed by atoms with E-state index in [-0.39, 0.29) is 35.5 Å². The van der Waals surface area contributed by atoms with E-state index in [1.807, 2.05) is 18.2 Å². The van der Waals surface area contributed by atoms with Crippen LogP contribution in [0.15, 0.2) is 36.4 Å². The third-order valence-corrected chi connectivity index (χ3v) is 5.56. The molecular formula is C25H30N2O5. The molecular weight excluding hydrogens is 408 g/mol. The molecule has 0 radical (unpaired) electrons. The maximum Gasteiger partial charge on any atom is 0.335 e. The first kappa shape index (κ1) is 23.3. The van der Waals surface area contributed by atoms with E-state index in [0.717, 1.165) is 16.8 Å². The van der Waals surface area contributed by atoms with Gasteiger partial charge in [-0.3, -0.25) is 14.5 Å². The summed E-state index contributed by atoms with van der Waals surface area (Å²) in [6.45, 7) is 11.2. The van der Waals surface area contributed by atoms with Crippen LogP contribution in [-0.4, -0.2) is 35.0 Å². The Morgan fingerprint density at radius 3 is 2.19 bits per heavy atom. The quantitative estimate of drug-likeness (QED) is 0.677. The molecule has 0 spiro atoms. The van der Waals surface area contributed by atoms with Gasteiger partial charge < -0.3 is 15.2 Å². The minimum atomic E-state index is -1.18. The van der Waals surface area contributed by atoms with Crippen molar-refractivity contribution in [1.29, 1.82) is 0 Å². The molecule has 1 aliphatic heterocycles. The Labute approximate surface area is 188 Å². The van der Waals surface area contributed by atoms with Crippen molar-refractivity contribution in [3.05, 3.63) is 53.1 Å². The zero-order valence-corrected chi connectivity index (χ0v) is 19.4. The summed E-state index contributed by atoms with van der Waals surface area (Å²) in [7, 11) is 0. The number of fused-ring (bicyclic) bond motifs is 1. The van der Waals surface area contributed by atoms with Crippen molar-refractivity contribution in [2.45, 2.75) is 59.0 Å². The van der Waals surface area contributed by atoms with E-state index in [2.05, 4.69) is 33.0 Å². The zero-order valence-electron chi connectivity index (χ0n) is 19.4. The summed E-state index contributed by atoms with van der Waals surface area (Å²) in [6, 6.07) is 10.3. The maximum atomic E-state index is 13.2. The second kappa shape index (κ2) is 8.65. The van der Waals surface area contributed by atoms with E-state index in [4.69, 9.17) is 4.74 Å². The number of para-hydroxylation sites is 1. The molecule has 7 heteroatoms. The second-order valence-corrected chi connectivity index (χ2v) is 9.16. The molecule has 1 heterocycles. The fourth-order valence-electron chi connectivity index (χ4n) is 3.88. The summed E-state index contributed by atoms with van der Waals surface area (Å²) in [5.74, 6) is -1.14. The van der Waals surface area contributed by atoms with Gasteiger partial charge in [-0.05, 0) is 55.0 Å². The highest BCUT2D eigenvalue weighted by molar-refractivity contribution is 6.08. The smallest absolute Gasteiger partial charge is 0.335 e. The number of benzene rings is 2. The van der Waals surface area contributed by atoms with E-state index in [1.165, 1.54) is 23.1 Å². The predicted molar refractivity (Wildman–Crippen MR) is 124 cm³/mol. The number of hydrogen-bond donors (Lipinski definition) is 2. The molecule has 32 heavy (non-hydrogen) atoms. The molecule has 3 rings (SSSR count). The van der Waals surface area contributed by atoms with Crippen LogP contribution < -0.4 is 15.0 Å². The van der Waals surface area contributed by atoms with Crippen LogP contribution in [-0.2, 0) is 9.59 Å². The largest absolute Gasteiger partial charge is 0.478 e. The Kier molecular flexibility index (Phi) is 6.30. The summed E-state index contributed by atoms with van der Waals surface area (Å²) in [5, 5.41) is 12.4. The van der Waals surface area contributed by atoms with E-state index >= 15 is 0 Å². The van der Waals surface area contributed by atoms with Crippen LogP contribution in [0.5, 0.6) is 5.75 Å². The van der Waals surface area contributed by atoms with Gasteiger partial charge in [0.25, 0.3) is 5.91 Å². The molecule has 0 atom stereocenters. The Hall–Kier alpha value is -3.35. The highest BCUT2D eigenvalue weighted by Crippen LogP contribution is 2.39. The second-order valence-electron chi connectivity index (χ2n) is 9.16. The number of carbonyl (C=O) groups is 3. The third kappa shape index (κ3) is 4.47. The average Bonchev–Trinajstić information content (AvgIpc) is 2.70. The van der Waals surface area contributed by atoms with Gasteiger partial charge in [-0.1, -0.05) is 45.9 Å². The highest BCUT2D eigenvalue weighted by atomic mass is 16.5. The summed E-state index contributed by atoms with van der Waals surface area (Å²) in [5.41, 5.74) is 1.90. The molecule has 0 saturated carbocycles. The number of anilines is 2. The normalized spacial score (nSPS) is 14.9. The van der Waals surface area contributed by atoms with Crippen LogP contribution in [0.3, 0.4) is 0 Å². The number of hydrogen-bond acceptors (Lipinski definition) is 4. The molecule has 0 bridgehead atoms. The van der Waals surface area contributed by atoms with Gasteiger partial charge in [-0.15, -0.1) is 0 Å². The monoisotopic (exact) mass is 438 g/mol. The van der Waals surface area contributed by atoms with Crippen LogP contribution in [0.25, 0.3) is 0 Å². The van der Waals surface area contributed by atoms with Crippen LogP contribution in [0.4, 0.5) is 11.4 Å². The number of nitrogens with one attached hydrogen (secondary N) is 1. The van der Waals surface area contributed by atoms with E-state index < -0.39 is 17.5 Å². The van der Waals surface area contributed by atoms with E-state index in [1.54, 1.807) is 13.8 Å². The molecule has 7 nitrogen and oxygen atoms in total. The Morgan fingerprint density at radius 1 is 1.06 bits per heavy atom. The molecule has 0 aliphatic carbocycles. The maximum absolute atomic E-state index is 13.2. The van der Waals surface area contributed by atoms with Crippen molar-refractivity contribution in [1.82, 2.24) is 0 Å². The van der Waals surface area contributed by atoms with Crippen LogP contribution >= 0.6 is 0 Å². The molecule has 2 aromatic carbocycles. The zero-order chi connectivity index (χ0) is 23.8. The van der Waals surface area contributed by atoms with Gasteiger partial charge in [-0.2, -0.15) is 0 Å². The number of ether oxygens (including phenoxy) is 1. The number of aromatic carboxylic acids is 1. The van der Waals surface area contributed by atoms with Gasteiger partial charge >= 0.3 is 5.97 Å². The topological polar surface area (TPSA) is 95.9 Å². The van der Waals surface area contributed by atoms with Crippen molar-refractivity contribution in [3.8, 4) is 5.75 Å². The Bertz CT molecular complexity index is 1050. The first-order chi connectivity index (χ1) is 14.9. The molecule has 2 N–H and O–H groups in total. The van der Waals surface area contributed by atoms with Crippen molar-refractivity contribution >= 4 is 29.2 Å². The number of carboxylic acid groups (broad SMARTS) is 1. The molecule has 0 fully saturated rings. The fraction of sp³-hybridized carbons (Fsp3) is 0.400. The molecule has 2 amide bonds. The fourth-order valence-corrected chi connectivity index (χ4v) is 3.88. The summed E-state index contributed by atoms with van der Waals surface area (Å²) in [4.78, 5) is 39.0. The van der Waals surface area contributed by atoms with Crippen LogP contribution in [0, 0.1) is 0 Å². The van der Waals surface area contributed by atoms with Gasteiger partial charge in [-0.25, -0.2) is 4.79 Å². The molecule has 0 unspecified atom stereocenters. The summed E-state index contributed by atoms with van der Waals surface area (Å²) >= 11 is 0. The number of carbonyl (C=O) groups excluding carboxylic acids is 2. The number of nitrogens with zero attached hydrogens (tertiary/aromatic N) is 1. The number of amides is 2. The first-order valence-corrected chi connectivity index (χ1v) is 10.7. The third-order valence-electron chi connectivity index (χ3n) is 5.56. The lowest BCUT2D eigenvalue weighted by atomic mass is 9.92. The van der Waals surface area contributed by atoms with Crippen molar-refractivity contribution in [3.63, 3.8) is 0 Å². The van der Waals surface area contributed by atoms with Gasteiger partial charge in [0.05, 0.1) is 11.3 Å². The van der Waals surface area contributed by atoms with Crippen LogP contribution in [0.2, 0.25) is 0 Å². The lowest BCUT2D eigenvalue weighted by Gasteiger charge is -2.38. The van der Waals surface area contributed by atoms with Gasteiger partial charge in [0.1, 0.15) is 12.3 Å². The molecule has 0 aromatic heterocycles. The van der Waals surface area contributed by atoms with Crippen molar-refractivity contribution < 1.29 is 24.2 Å². The van der Waals surface area contributed by atoms with Gasteiger partial charge in [0.15, 0.2) is 5.60 Å². The van der Waals surface area contributed by atoms with Crippen LogP contribution in [0.1, 0.15) is 74.9 Å². The minimum Gasteiger partial charge on any atom is -0.478 e. The van der Waals surface area contributed by atoms with E-state index in [9.17, 15) is 19.5 Å². The van der Waals surface area contributed by atoms with Gasteiger partial charge in [0, 0.05) is 5.69 Å². The molecule has 170 valence electrons. The molecule has 1 aliphatic rings. The standard InChI is InChI=1S/C25H30N2O5/c1-14(2)17-8-7-9-18(15(3)4)22(17)26-21(28)13-27-19-12-16(23(29)30)10-11-20(19)32-25(5,6)24(27)31/h7-12,14-15H,13H2,1-6H3,(H,26,28)(H,29,30). The molecule has 2 aromatic rings.